The lowest BCUT2D eigenvalue weighted by molar-refractivity contribution is -0.126. The fourth-order valence-corrected chi connectivity index (χ4v) is 3.75. The van der Waals surface area contributed by atoms with Gasteiger partial charge in [0, 0.05) is 44.1 Å². The molecule has 3 aromatic rings. The third-order valence-corrected chi connectivity index (χ3v) is 5.54. The van der Waals surface area contributed by atoms with Gasteiger partial charge >= 0.3 is 0 Å². The van der Waals surface area contributed by atoms with Crippen LogP contribution in [0, 0.1) is 11.7 Å². The number of amides is 2. The van der Waals surface area contributed by atoms with Gasteiger partial charge in [0.15, 0.2) is 5.82 Å². The molecular formula is C23H24FN5O2. The van der Waals surface area contributed by atoms with E-state index in [4.69, 9.17) is 0 Å². The van der Waals surface area contributed by atoms with Crippen LogP contribution in [0.4, 0.5) is 4.39 Å². The van der Waals surface area contributed by atoms with Crippen LogP contribution in [0.5, 0.6) is 0 Å². The van der Waals surface area contributed by atoms with Crippen LogP contribution in [0.15, 0.2) is 61.1 Å². The highest BCUT2D eigenvalue weighted by molar-refractivity contribution is 5.94. The van der Waals surface area contributed by atoms with Crippen molar-refractivity contribution in [3.05, 3.63) is 78.0 Å². The van der Waals surface area contributed by atoms with Gasteiger partial charge in [-0.1, -0.05) is 18.2 Å². The van der Waals surface area contributed by atoms with Gasteiger partial charge in [-0.05, 0) is 49.1 Å². The van der Waals surface area contributed by atoms with Crippen molar-refractivity contribution in [2.45, 2.75) is 19.3 Å². The average Bonchev–Trinajstić information content (AvgIpc) is 3.35. The Morgan fingerprint density at radius 2 is 1.90 bits per heavy atom. The number of carbonyl (C=O) groups is 2. The second-order valence-corrected chi connectivity index (χ2v) is 7.55. The van der Waals surface area contributed by atoms with Crippen molar-refractivity contribution in [1.82, 2.24) is 25.0 Å². The van der Waals surface area contributed by atoms with Crippen LogP contribution in [0.25, 0.3) is 5.82 Å². The van der Waals surface area contributed by atoms with Crippen LogP contribution in [0.3, 0.4) is 0 Å². The number of nitrogens with one attached hydrogen (secondary N) is 1. The van der Waals surface area contributed by atoms with Crippen LogP contribution in [-0.2, 0) is 11.2 Å². The van der Waals surface area contributed by atoms with E-state index < -0.39 is 0 Å². The van der Waals surface area contributed by atoms with Gasteiger partial charge in [0.05, 0.1) is 5.56 Å². The van der Waals surface area contributed by atoms with Crippen molar-refractivity contribution >= 4 is 11.8 Å². The van der Waals surface area contributed by atoms with Gasteiger partial charge in [-0.25, -0.2) is 14.1 Å². The molecule has 160 valence electrons. The lowest BCUT2D eigenvalue weighted by Crippen LogP contribution is -2.43. The maximum absolute atomic E-state index is 13.7. The monoisotopic (exact) mass is 421 g/mol. The summed E-state index contributed by atoms with van der Waals surface area (Å²) in [5.41, 5.74) is 1.11. The fourth-order valence-electron chi connectivity index (χ4n) is 3.75. The highest BCUT2D eigenvalue weighted by Gasteiger charge is 2.27. The largest absolute Gasteiger partial charge is 0.356 e. The minimum absolute atomic E-state index is 0.0336. The molecule has 1 aliphatic heterocycles. The summed E-state index contributed by atoms with van der Waals surface area (Å²) in [5.74, 6) is 0.139. The quantitative estimate of drug-likeness (QED) is 0.664. The Kier molecular flexibility index (Phi) is 6.35. The van der Waals surface area contributed by atoms with Gasteiger partial charge in [0.25, 0.3) is 5.91 Å². The first-order chi connectivity index (χ1) is 15.1. The van der Waals surface area contributed by atoms with Gasteiger partial charge < -0.3 is 10.2 Å². The van der Waals surface area contributed by atoms with Crippen molar-refractivity contribution in [2.75, 3.05) is 19.6 Å². The minimum Gasteiger partial charge on any atom is -0.356 e. The third kappa shape index (κ3) is 4.96. The highest BCUT2D eigenvalue weighted by Crippen LogP contribution is 2.19. The number of nitrogens with zero attached hydrogens (tertiary/aromatic N) is 4. The smallest absolute Gasteiger partial charge is 0.255 e. The molecule has 0 atom stereocenters. The fraction of sp³-hybridized carbons (Fsp3) is 0.304. The summed E-state index contributed by atoms with van der Waals surface area (Å²) in [6, 6.07) is 11.9. The number of rotatable bonds is 6. The zero-order valence-electron chi connectivity index (χ0n) is 17.1. The Balaban J connectivity index is 1.24. The molecule has 0 aliphatic carbocycles. The van der Waals surface area contributed by atoms with Crippen molar-refractivity contribution in [2.24, 2.45) is 5.92 Å². The lowest BCUT2D eigenvalue weighted by Gasteiger charge is -2.31. The number of pyridine rings is 1. The molecule has 8 heteroatoms. The topological polar surface area (TPSA) is 80.1 Å². The van der Waals surface area contributed by atoms with Gasteiger partial charge in [-0.15, -0.1) is 0 Å². The maximum Gasteiger partial charge on any atom is 0.255 e. The summed E-state index contributed by atoms with van der Waals surface area (Å²) in [6.07, 6.45) is 6.68. The van der Waals surface area contributed by atoms with Crippen LogP contribution in [0.1, 0.15) is 28.8 Å². The van der Waals surface area contributed by atoms with E-state index in [1.807, 2.05) is 0 Å². The van der Waals surface area contributed by atoms with E-state index in [-0.39, 0.29) is 23.5 Å². The number of hydrogen-bond acceptors (Lipinski definition) is 4. The molecule has 3 heterocycles. The Hall–Kier alpha value is -3.55. The summed E-state index contributed by atoms with van der Waals surface area (Å²) in [6.45, 7) is 1.43. The van der Waals surface area contributed by atoms with Gasteiger partial charge in [-0.2, -0.15) is 5.10 Å². The van der Waals surface area contributed by atoms with E-state index in [9.17, 15) is 14.0 Å². The Labute approximate surface area is 179 Å². The molecular weight excluding hydrogens is 397 g/mol. The number of likely N-dealkylation sites (tertiary alicyclic amines) is 1. The van der Waals surface area contributed by atoms with Gasteiger partial charge in [0.2, 0.25) is 5.91 Å². The lowest BCUT2D eigenvalue weighted by atomic mass is 9.95. The molecule has 0 radical (unpaired) electrons. The number of halogens is 1. The van der Waals surface area contributed by atoms with Gasteiger partial charge in [0.1, 0.15) is 5.82 Å². The van der Waals surface area contributed by atoms with E-state index in [0.717, 1.165) is 0 Å². The molecule has 4 rings (SSSR count). The van der Waals surface area contributed by atoms with Crippen LogP contribution < -0.4 is 5.32 Å². The summed E-state index contributed by atoms with van der Waals surface area (Å²) < 4.78 is 15.3. The van der Waals surface area contributed by atoms with E-state index in [2.05, 4.69) is 15.4 Å². The predicted molar refractivity (Wildman–Crippen MR) is 113 cm³/mol. The molecule has 2 aromatic heterocycles. The second kappa shape index (κ2) is 9.51. The average molecular weight is 421 g/mol. The standard InChI is InChI=1S/C23H24FN5O2/c24-20-5-2-1-4-17(20)8-12-25-22(30)18-9-14-28(15-10-18)23(31)19-6-7-21(26-16-19)29-13-3-11-27-29/h1-7,11,13,16,18H,8-10,12,14-15H2,(H,25,30). The number of carbonyl (C=O) groups excluding carboxylic acids is 2. The molecule has 2 amide bonds. The van der Waals surface area contributed by atoms with E-state index >= 15 is 0 Å². The number of aromatic nitrogens is 3. The summed E-state index contributed by atoms with van der Waals surface area (Å²) >= 11 is 0. The molecule has 0 unspecified atom stereocenters. The Morgan fingerprint density at radius 1 is 1.10 bits per heavy atom. The molecule has 7 nitrogen and oxygen atoms in total. The molecule has 0 saturated carbocycles. The number of piperidine rings is 1. The minimum atomic E-state index is -0.254. The molecule has 0 bridgehead atoms. The first kappa shape index (κ1) is 20.7. The van der Waals surface area contributed by atoms with Crippen LogP contribution in [-0.4, -0.2) is 51.1 Å². The molecule has 1 aliphatic rings. The predicted octanol–water partition coefficient (Wildman–Crippen LogP) is 2.62. The Bertz CT molecular complexity index is 1030. The first-order valence-corrected chi connectivity index (χ1v) is 10.4. The zero-order valence-corrected chi connectivity index (χ0v) is 17.1. The molecule has 0 spiro atoms. The van der Waals surface area contributed by atoms with Crippen molar-refractivity contribution in [1.29, 1.82) is 0 Å². The number of hydrogen-bond donors (Lipinski definition) is 1. The third-order valence-electron chi connectivity index (χ3n) is 5.54. The maximum atomic E-state index is 13.7. The molecule has 1 aromatic carbocycles. The zero-order chi connectivity index (χ0) is 21.6. The molecule has 1 saturated heterocycles. The van der Waals surface area contributed by atoms with Gasteiger partial charge in [-0.3, -0.25) is 9.59 Å². The summed E-state index contributed by atoms with van der Waals surface area (Å²) in [4.78, 5) is 31.3. The SMILES string of the molecule is O=C(NCCc1ccccc1F)C1CCN(C(=O)c2ccc(-n3cccn3)nc2)CC1. The summed E-state index contributed by atoms with van der Waals surface area (Å²) in [7, 11) is 0. The molecule has 1 fully saturated rings. The van der Waals surface area contributed by atoms with Crippen LogP contribution >= 0.6 is 0 Å². The van der Waals surface area contributed by atoms with E-state index in [0.29, 0.717) is 55.8 Å². The normalized spacial score (nSPS) is 14.4. The first-order valence-electron chi connectivity index (χ1n) is 10.4. The molecule has 31 heavy (non-hydrogen) atoms. The van der Waals surface area contributed by atoms with E-state index in [1.54, 1.807) is 64.6 Å². The van der Waals surface area contributed by atoms with Crippen molar-refractivity contribution in [3.63, 3.8) is 0 Å². The second-order valence-electron chi connectivity index (χ2n) is 7.55. The van der Waals surface area contributed by atoms with Crippen LogP contribution in [0.2, 0.25) is 0 Å². The summed E-state index contributed by atoms with van der Waals surface area (Å²) in [5, 5.41) is 7.02. The highest BCUT2D eigenvalue weighted by atomic mass is 19.1. The number of benzene rings is 1. The van der Waals surface area contributed by atoms with Crippen molar-refractivity contribution in [3.8, 4) is 5.82 Å². The Morgan fingerprint density at radius 3 is 2.58 bits per heavy atom. The van der Waals surface area contributed by atoms with E-state index in [1.165, 1.54) is 6.07 Å². The molecule has 1 N–H and O–H groups in total. The van der Waals surface area contributed by atoms with Crippen molar-refractivity contribution < 1.29 is 14.0 Å².